The fourth-order valence-corrected chi connectivity index (χ4v) is 2.27. The lowest BCUT2D eigenvalue weighted by Gasteiger charge is -2.25. The number of benzene rings is 1. The van der Waals surface area contributed by atoms with E-state index in [1.807, 2.05) is 13.0 Å². The van der Waals surface area contributed by atoms with E-state index in [2.05, 4.69) is 4.98 Å². The SMILES string of the molecule is Cc1nc2ccc(N)cc2n1C(=O)CC1COC1. The van der Waals surface area contributed by atoms with Gasteiger partial charge >= 0.3 is 0 Å². The van der Waals surface area contributed by atoms with Gasteiger partial charge in [0.1, 0.15) is 5.82 Å². The number of anilines is 1. The molecule has 18 heavy (non-hydrogen) atoms. The molecular weight excluding hydrogens is 230 g/mol. The molecule has 1 aromatic heterocycles. The zero-order valence-corrected chi connectivity index (χ0v) is 10.2. The fraction of sp³-hybridized carbons (Fsp3) is 0.385. The zero-order chi connectivity index (χ0) is 12.7. The third-order valence-corrected chi connectivity index (χ3v) is 3.27. The van der Waals surface area contributed by atoms with Gasteiger partial charge in [-0.3, -0.25) is 9.36 Å². The quantitative estimate of drug-likeness (QED) is 0.816. The molecular formula is C13H15N3O2. The maximum Gasteiger partial charge on any atom is 0.232 e. The lowest BCUT2D eigenvalue weighted by Crippen LogP contribution is -2.31. The van der Waals surface area contributed by atoms with Crippen LogP contribution in [0.5, 0.6) is 0 Å². The second-order valence-corrected chi connectivity index (χ2v) is 4.74. The van der Waals surface area contributed by atoms with E-state index in [1.165, 1.54) is 0 Å². The van der Waals surface area contributed by atoms with Gasteiger partial charge in [0.05, 0.1) is 24.2 Å². The molecule has 0 saturated carbocycles. The molecule has 0 amide bonds. The van der Waals surface area contributed by atoms with Crippen LogP contribution in [0.15, 0.2) is 18.2 Å². The highest BCUT2D eigenvalue weighted by Crippen LogP contribution is 2.22. The molecule has 1 aliphatic heterocycles. The fourth-order valence-electron chi connectivity index (χ4n) is 2.27. The van der Waals surface area contributed by atoms with Crippen LogP contribution in [0.3, 0.4) is 0 Å². The van der Waals surface area contributed by atoms with Gasteiger partial charge in [-0.05, 0) is 25.1 Å². The van der Waals surface area contributed by atoms with E-state index in [9.17, 15) is 4.79 Å². The van der Waals surface area contributed by atoms with Crippen molar-refractivity contribution in [2.24, 2.45) is 5.92 Å². The molecule has 1 aliphatic rings. The number of nitrogens with zero attached hydrogens (tertiary/aromatic N) is 2. The Bertz CT molecular complexity index is 614. The molecule has 2 aromatic rings. The van der Waals surface area contributed by atoms with Crippen LogP contribution in [-0.4, -0.2) is 28.7 Å². The van der Waals surface area contributed by atoms with E-state index >= 15 is 0 Å². The zero-order valence-electron chi connectivity index (χ0n) is 10.2. The summed E-state index contributed by atoms with van der Waals surface area (Å²) in [4.78, 5) is 16.7. The number of nitrogen functional groups attached to an aromatic ring is 1. The van der Waals surface area contributed by atoms with Gasteiger partial charge in [0.15, 0.2) is 0 Å². The summed E-state index contributed by atoms with van der Waals surface area (Å²) in [6, 6.07) is 5.43. The highest BCUT2D eigenvalue weighted by molar-refractivity contribution is 5.92. The number of carbonyl (C=O) groups is 1. The van der Waals surface area contributed by atoms with Crippen LogP contribution in [0.2, 0.25) is 0 Å². The summed E-state index contributed by atoms with van der Waals surface area (Å²) in [7, 11) is 0. The van der Waals surface area contributed by atoms with Crippen LogP contribution < -0.4 is 5.73 Å². The highest BCUT2D eigenvalue weighted by atomic mass is 16.5. The normalized spacial score (nSPS) is 15.8. The van der Waals surface area contributed by atoms with Crippen molar-refractivity contribution in [3.63, 3.8) is 0 Å². The van der Waals surface area contributed by atoms with Crippen molar-refractivity contribution in [2.45, 2.75) is 13.3 Å². The van der Waals surface area contributed by atoms with E-state index in [0.29, 0.717) is 37.1 Å². The van der Waals surface area contributed by atoms with Gasteiger partial charge in [-0.15, -0.1) is 0 Å². The molecule has 0 aliphatic carbocycles. The van der Waals surface area contributed by atoms with Crippen LogP contribution in [0, 0.1) is 12.8 Å². The minimum atomic E-state index is 0.0638. The number of nitrogens with two attached hydrogens (primary N) is 1. The molecule has 0 atom stereocenters. The van der Waals surface area contributed by atoms with Crippen LogP contribution in [-0.2, 0) is 4.74 Å². The van der Waals surface area contributed by atoms with E-state index in [1.54, 1.807) is 16.7 Å². The summed E-state index contributed by atoms with van der Waals surface area (Å²) in [6.07, 6.45) is 0.501. The number of imidazole rings is 1. The monoisotopic (exact) mass is 245 g/mol. The van der Waals surface area contributed by atoms with Crippen molar-refractivity contribution in [3.05, 3.63) is 24.0 Å². The molecule has 0 spiro atoms. The lowest BCUT2D eigenvalue weighted by molar-refractivity contribution is -0.0332. The summed E-state index contributed by atoms with van der Waals surface area (Å²) in [5.74, 6) is 1.12. The standard InChI is InChI=1S/C13H15N3O2/c1-8-15-11-3-2-10(14)5-12(11)16(8)13(17)4-9-6-18-7-9/h2-3,5,9H,4,6-7,14H2,1H3. The van der Waals surface area contributed by atoms with Gasteiger partial charge in [0.2, 0.25) is 5.91 Å². The summed E-state index contributed by atoms with van der Waals surface area (Å²) in [5.41, 5.74) is 8.01. The van der Waals surface area contributed by atoms with Gasteiger partial charge in [0, 0.05) is 18.0 Å². The second kappa shape index (κ2) is 4.10. The Kier molecular flexibility index (Phi) is 2.56. The van der Waals surface area contributed by atoms with Gasteiger partial charge in [-0.25, -0.2) is 4.98 Å². The van der Waals surface area contributed by atoms with E-state index in [0.717, 1.165) is 11.0 Å². The minimum Gasteiger partial charge on any atom is -0.399 e. The summed E-state index contributed by atoms with van der Waals surface area (Å²) in [5, 5.41) is 0. The average Bonchev–Trinajstić information content (AvgIpc) is 2.59. The number of rotatable bonds is 2. The largest absolute Gasteiger partial charge is 0.399 e. The minimum absolute atomic E-state index is 0.0638. The molecule has 0 unspecified atom stereocenters. The smallest absolute Gasteiger partial charge is 0.232 e. The first kappa shape index (κ1) is 11.2. The molecule has 5 heteroatoms. The molecule has 1 aromatic carbocycles. The molecule has 0 radical (unpaired) electrons. The van der Waals surface area contributed by atoms with Gasteiger partial charge in [-0.1, -0.05) is 0 Å². The topological polar surface area (TPSA) is 70.1 Å². The van der Waals surface area contributed by atoms with Gasteiger partial charge in [-0.2, -0.15) is 0 Å². The number of carbonyl (C=O) groups excluding carboxylic acids is 1. The predicted molar refractivity (Wildman–Crippen MR) is 68.4 cm³/mol. The van der Waals surface area contributed by atoms with Crippen molar-refractivity contribution in [1.82, 2.24) is 9.55 Å². The molecule has 3 rings (SSSR count). The third-order valence-electron chi connectivity index (χ3n) is 3.27. The Balaban J connectivity index is 2.01. The van der Waals surface area contributed by atoms with Crippen LogP contribution in [0.1, 0.15) is 17.0 Å². The van der Waals surface area contributed by atoms with Crippen LogP contribution >= 0.6 is 0 Å². The number of hydrogen-bond acceptors (Lipinski definition) is 4. The molecule has 1 saturated heterocycles. The lowest BCUT2D eigenvalue weighted by atomic mass is 10.0. The number of aromatic nitrogens is 2. The maximum atomic E-state index is 12.3. The summed E-state index contributed by atoms with van der Waals surface area (Å²) >= 11 is 0. The van der Waals surface area contributed by atoms with Crippen molar-refractivity contribution in [1.29, 1.82) is 0 Å². The Morgan fingerprint density at radius 1 is 1.56 bits per heavy atom. The summed E-state index contributed by atoms with van der Waals surface area (Å²) in [6.45, 7) is 3.20. The average molecular weight is 245 g/mol. The molecule has 2 heterocycles. The Hall–Kier alpha value is -1.88. The molecule has 2 N–H and O–H groups in total. The first-order valence-corrected chi connectivity index (χ1v) is 6.00. The number of ether oxygens (including phenoxy) is 1. The van der Waals surface area contributed by atoms with E-state index in [4.69, 9.17) is 10.5 Å². The maximum absolute atomic E-state index is 12.3. The molecule has 1 fully saturated rings. The van der Waals surface area contributed by atoms with E-state index < -0.39 is 0 Å². The highest BCUT2D eigenvalue weighted by Gasteiger charge is 2.24. The van der Waals surface area contributed by atoms with Crippen molar-refractivity contribution >= 4 is 22.6 Å². The molecule has 94 valence electrons. The second-order valence-electron chi connectivity index (χ2n) is 4.74. The number of fused-ring (bicyclic) bond motifs is 1. The summed E-state index contributed by atoms with van der Waals surface area (Å²) < 4.78 is 6.75. The van der Waals surface area contributed by atoms with Crippen LogP contribution in [0.4, 0.5) is 5.69 Å². The first-order valence-electron chi connectivity index (χ1n) is 6.00. The van der Waals surface area contributed by atoms with E-state index in [-0.39, 0.29) is 5.91 Å². The van der Waals surface area contributed by atoms with Crippen molar-refractivity contribution < 1.29 is 9.53 Å². The van der Waals surface area contributed by atoms with Gasteiger partial charge in [0.25, 0.3) is 0 Å². The molecule has 0 bridgehead atoms. The number of aryl methyl sites for hydroxylation is 1. The predicted octanol–water partition coefficient (Wildman–Crippen LogP) is 1.60. The number of hydrogen-bond donors (Lipinski definition) is 1. The Morgan fingerprint density at radius 2 is 2.33 bits per heavy atom. The Labute approximate surface area is 105 Å². The third kappa shape index (κ3) is 1.76. The van der Waals surface area contributed by atoms with Gasteiger partial charge < -0.3 is 10.5 Å². The van der Waals surface area contributed by atoms with Crippen LogP contribution in [0.25, 0.3) is 11.0 Å². The first-order chi connectivity index (χ1) is 8.65. The molecule has 5 nitrogen and oxygen atoms in total. The Morgan fingerprint density at radius 3 is 3.00 bits per heavy atom. The van der Waals surface area contributed by atoms with Crippen molar-refractivity contribution in [3.8, 4) is 0 Å². The van der Waals surface area contributed by atoms with Crippen molar-refractivity contribution in [2.75, 3.05) is 18.9 Å².